The zero-order valence-corrected chi connectivity index (χ0v) is 12.9. The minimum absolute atomic E-state index is 0.0915. The molecule has 1 fully saturated rings. The van der Waals surface area contributed by atoms with Gasteiger partial charge >= 0.3 is 0 Å². The predicted octanol–water partition coefficient (Wildman–Crippen LogP) is 1.88. The third kappa shape index (κ3) is 4.04. The Morgan fingerprint density at radius 3 is 2.85 bits per heavy atom. The highest BCUT2D eigenvalue weighted by Crippen LogP contribution is 2.22. The van der Waals surface area contributed by atoms with E-state index in [0.717, 1.165) is 37.4 Å². The first-order chi connectivity index (χ1) is 9.74. The highest BCUT2D eigenvalue weighted by atomic mass is 32.2. The normalized spacial score (nSPS) is 19.5. The summed E-state index contributed by atoms with van der Waals surface area (Å²) < 4.78 is 23.1. The van der Waals surface area contributed by atoms with Crippen LogP contribution in [0.15, 0.2) is 24.3 Å². The number of rotatable bonds is 6. The quantitative estimate of drug-likeness (QED) is 0.871. The fraction of sp³-hybridized carbons (Fsp3) is 0.600. The molecule has 1 aliphatic heterocycles. The molecule has 1 saturated heterocycles. The van der Waals surface area contributed by atoms with Crippen LogP contribution < -0.4 is 10.1 Å². The van der Waals surface area contributed by atoms with Crippen molar-refractivity contribution in [1.82, 2.24) is 5.32 Å². The van der Waals surface area contributed by atoms with Crippen LogP contribution in [0.5, 0.6) is 5.75 Å². The summed E-state index contributed by atoms with van der Waals surface area (Å²) in [6, 6.07) is 8.03. The van der Waals surface area contributed by atoms with Gasteiger partial charge < -0.3 is 14.8 Å². The monoisotopic (exact) mass is 297 g/mol. The molecule has 1 aromatic carbocycles. The number of hydrogen-bond donors (Lipinski definition) is 1. The van der Waals surface area contributed by atoms with Gasteiger partial charge in [-0.3, -0.25) is 4.21 Å². The second-order valence-corrected chi connectivity index (χ2v) is 6.74. The van der Waals surface area contributed by atoms with Gasteiger partial charge in [0.1, 0.15) is 5.75 Å². The van der Waals surface area contributed by atoms with E-state index in [1.807, 2.05) is 31.3 Å². The lowest BCUT2D eigenvalue weighted by Crippen LogP contribution is -2.31. The topological polar surface area (TPSA) is 47.6 Å². The SMILES string of the molecule is CNC(CS(=O)C1CCOCC1)c1cccc(OC)c1. The van der Waals surface area contributed by atoms with Gasteiger partial charge in [0.05, 0.1) is 7.11 Å². The van der Waals surface area contributed by atoms with Crippen molar-refractivity contribution in [2.75, 3.05) is 33.1 Å². The fourth-order valence-corrected chi connectivity index (χ4v) is 4.12. The number of methoxy groups -OCH3 is 1. The zero-order chi connectivity index (χ0) is 14.4. The Balaban J connectivity index is 2.02. The first kappa shape index (κ1) is 15.5. The van der Waals surface area contributed by atoms with Gasteiger partial charge in [-0.25, -0.2) is 0 Å². The van der Waals surface area contributed by atoms with Crippen molar-refractivity contribution in [1.29, 1.82) is 0 Å². The lowest BCUT2D eigenvalue weighted by atomic mass is 10.1. The molecule has 1 aromatic rings. The fourth-order valence-electron chi connectivity index (χ4n) is 2.44. The second kappa shape index (κ2) is 7.76. The largest absolute Gasteiger partial charge is 0.497 e. The second-order valence-electron chi connectivity index (χ2n) is 4.98. The standard InChI is InChI=1S/C15H23NO3S/c1-16-15(12-4-3-5-13(10-12)18-2)11-20(17)14-6-8-19-9-7-14/h3-5,10,14-16H,6-9,11H2,1-2H3. The summed E-state index contributed by atoms with van der Waals surface area (Å²) in [5, 5.41) is 3.53. The number of benzene rings is 1. The molecule has 4 nitrogen and oxygen atoms in total. The average Bonchev–Trinajstić information content (AvgIpc) is 2.53. The molecular formula is C15H23NO3S. The summed E-state index contributed by atoms with van der Waals surface area (Å²) in [7, 11) is 2.74. The Kier molecular flexibility index (Phi) is 6.01. The van der Waals surface area contributed by atoms with E-state index in [1.165, 1.54) is 0 Å². The Morgan fingerprint density at radius 2 is 2.20 bits per heavy atom. The number of hydrogen-bond acceptors (Lipinski definition) is 4. The number of nitrogens with one attached hydrogen (secondary N) is 1. The summed E-state index contributed by atoms with van der Waals surface area (Å²) in [4.78, 5) is 0. The molecule has 112 valence electrons. The molecule has 0 radical (unpaired) electrons. The Labute approximate surface area is 123 Å². The van der Waals surface area contributed by atoms with Gasteiger partial charge in [-0.2, -0.15) is 0 Å². The smallest absolute Gasteiger partial charge is 0.119 e. The van der Waals surface area contributed by atoms with E-state index in [4.69, 9.17) is 9.47 Å². The molecule has 0 bridgehead atoms. The third-order valence-corrected chi connectivity index (χ3v) is 5.59. The van der Waals surface area contributed by atoms with Crippen LogP contribution in [0.4, 0.5) is 0 Å². The molecule has 20 heavy (non-hydrogen) atoms. The first-order valence-corrected chi connectivity index (χ1v) is 8.39. The van der Waals surface area contributed by atoms with Gasteiger partial charge in [0.25, 0.3) is 0 Å². The van der Waals surface area contributed by atoms with Crippen LogP contribution in [0, 0.1) is 0 Å². The summed E-state index contributed by atoms with van der Waals surface area (Å²) in [5.74, 6) is 1.47. The highest BCUT2D eigenvalue weighted by molar-refractivity contribution is 7.85. The molecule has 0 aliphatic carbocycles. The summed E-state index contributed by atoms with van der Waals surface area (Å²) >= 11 is 0. The van der Waals surface area contributed by atoms with E-state index in [1.54, 1.807) is 7.11 Å². The first-order valence-electron chi connectivity index (χ1n) is 7.00. The summed E-state index contributed by atoms with van der Waals surface area (Å²) in [5.41, 5.74) is 1.12. The molecule has 0 aromatic heterocycles. The lowest BCUT2D eigenvalue weighted by Gasteiger charge is -2.24. The van der Waals surface area contributed by atoms with Gasteiger partial charge in [0, 0.05) is 41.1 Å². The molecule has 0 spiro atoms. The van der Waals surface area contributed by atoms with Crippen molar-refractivity contribution >= 4 is 10.8 Å². The van der Waals surface area contributed by atoms with Crippen LogP contribution >= 0.6 is 0 Å². The highest BCUT2D eigenvalue weighted by Gasteiger charge is 2.23. The van der Waals surface area contributed by atoms with Crippen molar-refractivity contribution in [3.8, 4) is 5.75 Å². The molecule has 5 heteroatoms. The maximum absolute atomic E-state index is 12.5. The maximum Gasteiger partial charge on any atom is 0.119 e. The zero-order valence-electron chi connectivity index (χ0n) is 12.1. The van der Waals surface area contributed by atoms with Gasteiger partial charge in [-0.15, -0.1) is 0 Å². The molecule has 0 amide bonds. The van der Waals surface area contributed by atoms with Gasteiger partial charge in [0.15, 0.2) is 0 Å². The van der Waals surface area contributed by atoms with E-state index in [-0.39, 0.29) is 11.3 Å². The van der Waals surface area contributed by atoms with Crippen LogP contribution in [0.3, 0.4) is 0 Å². The molecular weight excluding hydrogens is 274 g/mol. The van der Waals surface area contributed by atoms with Crippen molar-refractivity contribution in [2.24, 2.45) is 0 Å². The number of ether oxygens (including phenoxy) is 2. The Bertz CT molecular complexity index is 446. The van der Waals surface area contributed by atoms with Crippen molar-refractivity contribution in [3.63, 3.8) is 0 Å². The summed E-state index contributed by atoms with van der Waals surface area (Å²) in [6.45, 7) is 1.47. The van der Waals surface area contributed by atoms with Crippen molar-refractivity contribution in [3.05, 3.63) is 29.8 Å². The van der Waals surface area contributed by atoms with Crippen LogP contribution in [0.1, 0.15) is 24.4 Å². The Hall–Kier alpha value is -0.910. The van der Waals surface area contributed by atoms with E-state index in [0.29, 0.717) is 5.75 Å². The van der Waals surface area contributed by atoms with Crippen LogP contribution in [0.25, 0.3) is 0 Å². The third-order valence-electron chi connectivity index (χ3n) is 3.72. The summed E-state index contributed by atoms with van der Waals surface area (Å²) in [6.07, 6.45) is 1.81. The Morgan fingerprint density at radius 1 is 1.45 bits per heavy atom. The molecule has 2 unspecified atom stereocenters. The van der Waals surface area contributed by atoms with Crippen LogP contribution in [-0.2, 0) is 15.5 Å². The maximum atomic E-state index is 12.5. The van der Waals surface area contributed by atoms with Gasteiger partial charge in [-0.05, 0) is 37.6 Å². The molecule has 0 saturated carbocycles. The predicted molar refractivity (Wildman–Crippen MR) is 81.6 cm³/mol. The van der Waals surface area contributed by atoms with Crippen LogP contribution in [0.2, 0.25) is 0 Å². The van der Waals surface area contributed by atoms with E-state index < -0.39 is 10.8 Å². The minimum Gasteiger partial charge on any atom is -0.497 e. The van der Waals surface area contributed by atoms with Gasteiger partial charge in [-0.1, -0.05) is 12.1 Å². The molecule has 1 heterocycles. The van der Waals surface area contributed by atoms with E-state index in [2.05, 4.69) is 5.32 Å². The average molecular weight is 297 g/mol. The van der Waals surface area contributed by atoms with E-state index >= 15 is 0 Å². The molecule has 2 rings (SSSR count). The molecule has 1 N–H and O–H groups in total. The van der Waals surface area contributed by atoms with Crippen LogP contribution in [-0.4, -0.2) is 42.6 Å². The van der Waals surface area contributed by atoms with E-state index in [9.17, 15) is 4.21 Å². The van der Waals surface area contributed by atoms with Gasteiger partial charge in [0.2, 0.25) is 0 Å². The van der Waals surface area contributed by atoms with Crippen molar-refractivity contribution < 1.29 is 13.7 Å². The molecule has 2 atom stereocenters. The minimum atomic E-state index is -0.829. The molecule has 1 aliphatic rings. The van der Waals surface area contributed by atoms with Crippen molar-refractivity contribution in [2.45, 2.75) is 24.1 Å². The lowest BCUT2D eigenvalue weighted by molar-refractivity contribution is 0.0992.